The van der Waals surface area contributed by atoms with Gasteiger partial charge < -0.3 is 5.32 Å². The number of halogens is 3. The first-order chi connectivity index (χ1) is 12.0. The predicted octanol–water partition coefficient (Wildman–Crippen LogP) is 5.50. The number of benzene rings is 2. The first-order valence-electron chi connectivity index (χ1n) is 8.24. The van der Waals surface area contributed by atoms with Crippen molar-refractivity contribution in [2.75, 3.05) is 18.4 Å². The summed E-state index contributed by atoms with van der Waals surface area (Å²) in [5.74, 6) is 0.0101. The van der Waals surface area contributed by atoms with E-state index >= 15 is 0 Å². The molecule has 0 saturated carbocycles. The van der Waals surface area contributed by atoms with Gasteiger partial charge in [-0.1, -0.05) is 53.0 Å². The van der Waals surface area contributed by atoms with E-state index in [2.05, 4.69) is 10.2 Å². The van der Waals surface area contributed by atoms with Crippen LogP contribution in [-0.2, 0) is 11.3 Å². The van der Waals surface area contributed by atoms with Crippen molar-refractivity contribution < 1.29 is 4.79 Å². The summed E-state index contributed by atoms with van der Waals surface area (Å²) in [7, 11) is 0. The predicted molar refractivity (Wildman–Crippen MR) is 105 cm³/mol. The number of hydrogen-bond donors (Lipinski definition) is 1. The molecule has 0 bridgehead atoms. The minimum absolute atomic E-state index is 0.00533. The second-order valence-electron chi connectivity index (χ2n) is 6.26. The van der Waals surface area contributed by atoms with Gasteiger partial charge in [0.1, 0.15) is 0 Å². The van der Waals surface area contributed by atoms with Crippen LogP contribution in [-0.4, -0.2) is 23.9 Å². The van der Waals surface area contributed by atoms with E-state index in [1.165, 1.54) is 0 Å². The normalized spacial score (nSPS) is 16.0. The third-order valence-electron chi connectivity index (χ3n) is 4.50. The summed E-state index contributed by atoms with van der Waals surface area (Å²) in [5.41, 5.74) is 1.73. The maximum Gasteiger partial charge on any atom is 0.227 e. The van der Waals surface area contributed by atoms with Crippen molar-refractivity contribution in [2.45, 2.75) is 19.4 Å². The summed E-state index contributed by atoms with van der Waals surface area (Å²) in [4.78, 5) is 14.8. The highest BCUT2D eigenvalue weighted by molar-refractivity contribution is 6.36. The van der Waals surface area contributed by atoms with Gasteiger partial charge in [-0.05, 0) is 55.8 Å². The number of nitrogens with one attached hydrogen (secondary N) is 1. The smallest absolute Gasteiger partial charge is 0.227 e. The molecule has 3 nitrogen and oxygen atoms in total. The molecule has 25 heavy (non-hydrogen) atoms. The minimum atomic E-state index is -0.00533. The molecule has 0 atom stereocenters. The van der Waals surface area contributed by atoms with Gasteiger partial charge in [-0.25, -0.2) is 0 Å². The number of carbonyl (C=O) groups excluding carboxylic acids is 1. The van der Waals surface area contributed by atoms with E-state index in [9.17, 15) is 4.79 Å². The summed E-state index contributed by atoms with van der Waals surface area (Å²) in [6, 6.07) is 13.0. The molecule has 1 fully saturated rings. The second kappa shape index (κ2) is 8.41. The molecule has 0 radical (unpaired) electrons. The second-order valence-corrected chi connectivity index (χ2v) is 7.51. The fraction of sp³-hybridized carbons (Fsp3) is 0.316. The molecule has 1 heterocycles. The van der Waals surface area contributed by atoms with E-state index in [0.29, 0.717) is 15.7 Å². The number of piperidine rings is 1. The van der Waals surface area contributed by atoms with Crippen LogP contribution in [0.2, 0.25) is 15.1 Å². The van der Waals surface area contributed by atoms with Crippen molar-refractivity contribution in [3.05, 3.63) is 63.1 Å². The number of rotatable bonds is 4. The van der Waals surface area contributed by atoms with Gasteiger partial charge in [0.2, 0.25) is 5.91 Å². The molecular formula is C19H19Cl3N2O. The summed E-state index contributed by atoms with van der Waals surface area (Å²) in [6.45, 7) is 2.56. The zero-order valence-corrected chi connectivity index (χ0v) is 15.9. The van der Waals surface area contributed by atoms with Gasteiger partial charge in [-0.15, -0.1) is 0 Å². The quantitative estimate of drug-likeness (QED) is 0.739. The molecule has 3 rings (SSSR count). The van der Waals surface area contributed by atoms with E-state index in [1.807, 2.05) is 24.3 Å². The van der Waals surface area contributed by atoms with Gasteiger partial charge in [0.05, 0.1) is 10.7 Å². The Balaban J connectivity index is 1.53. The van der Waals surface area contributed by atoms with Crippen LogP contribution in [0.15, 0.2) is 42.5 Å². The number of hydrogen-bond acceptors (Lipinski definition) is 2. The SMILES string of the molecule is O=C(Nc1ccc(Cl)cc1Cl)C1CCN(Cc2ccccc2Cl)CC1. The molecule has 1 amide bonds. The van der Waals surface area contributed by atoms with Crippen molar-refractivity contribution in [3.63, 3.8) is 0 Å². The van der Waals surface area contributed by atoms with Crippen LogP contribution in [0.25, 0.3) is 0 Å². The Bertz CT molecular complexity index is 758. The molecule has 1 aliphatic rings. The molecule has 6 heteroatoms. The van der Waals surface area contributed by atoms with Crippen molar-refractivity contribution in [3.8, 4) is 0 Å². The number of amides is 1. The van der Waals surface area contributed by atoms with Crippen LogP contribution in [0.3, 0.4) is 0 Å². The van der Waals surface area contributed by atoms with Gasteiger partial charge >= 0.3 is 0 Å². The van der Waals surface area contributed by atoms with Crippen LogP contribution >= 0.6 is 34.8 Å². The number of likely N-dealkylation sites (tertiary alicyclic amines) is 1. The number of nitrogens with zero attached hydrogens (tertiary/aromatic N) is 1. The minimum Gasteiger partial charge on any atom is -0.325 e. The Morgan fingerprint density at radius 2 is 1.76 bits per heavy atom. The standard InChI is InChI=1S/C19H19Cl3N2O/c20-15-5-6-18(17(22)11-15)23-19(25)13-7-9-24(10-8-13)12-14-3-1-2-4-16(14)21/h1-6,11,13H,7-10,12H2,(H,23,25). The Morgan fingerprint density at radius 1 is 1.04 bits per heavy atom. The monoisotopic (exact) mass is 396 g/mol. The fourth-order valence-corrected chi connectivity index (χ4v) is 3.70. The lowest BCUT2D eigenvalue weighted by atomic mass is 9.95. The van der Waals surface area contributed by atoms with Gasteiger partial charge in [0, 0.05) is 22.5 Å². The third kappa shape index (κ3) is 4.89. The topological polar surface area (TPSA) is 32.3 Å². The van der Waals surface area contributed by atoms with Crippen LogP contribution in [0.5, 0.6) is 0 Å². The number of anilines is 1. The Morgan fingerprint density at radius 3 is 2.44 bits per heavy atom. The highest BCUT2D eigenvalue weighted by atomic mass is 35.5. The van der Waals surface area contributed by atoms with E-state index < -0.39 is 0 Å². The highest BCUT2D eigenvalue weighted by Gasteiger charge is 2.25. The molecule has 0 aromatic heterocycles. The van der Waals surface area contributed by atoms with Gasteiger partial charge in [0.25, 0.3) is 0 Å². The Kier molecular flexibility index (Phi) is 6.24. The molecule has 1 N–H and O–H groups in total. The Labute approximate surface area is 162 Å². The molecule has 132 valence electrons. The first kappa shape index (κ1) is 18.5. The molecule has 0 unspecified atom stereocenters. The summed E-state index contributed by atoms with van der Waals surface area (Å²) in [6.07, 6.45) is 1.64. The van der Waals surface area contributed by atoms with Crippen LogP contribution in [0.4, 0.5) is 5.69 Å². The molecule has 0 aliphatic carbocycles. The molecule has 2 aromatic rings. The van der Waals surface area contributed by atoms with Gasteiger partial charge in [-0.2, -0.15) is 0 Å². The lowest BCUT2D eigenvalue weighted by Crippen LogP contribution is -2.37. The molecule has 2 aromatic carbocycles. The molecular weight excluding hydrogens is 379 g/mol. The van der Waals surface area contributed by atoms with Crippen molar-refractivity contribution in [1.82, 2.24) is 4.90 Å². The first-order valence-corrected chi connectivity index (χ1v) is 9.38. The lowest BCUT2D eigenvalue weighted by molar-refractivity contribution is -0.121. The third-order valence-corrected chi connectivity index (χ3v) is 5.42. The van der Waals surface area contributed by atoms with E-state index in [-0.39, 0.29) is 11.8 Å². The fourth-order valence-electron chi connectivity index (χ4n) is 3.05. The number of carbonyl (C=O) groups is 1. The summed E-state index contributed by atoms with van der Waals surface area (Å²) in [5, 5.41) is 4.71. The summed E-state index contributed by atoms with van der Waals surface area (Å²) >= 11 is 18.2. The average Bonchev–Trinajstić information content (AvgIpc) is 2.60. The maximum absolute atomic E-state index is 12.5. The molecule has 0 spiro atoms. The van der Waals surface area contributed by atoms with Crippen LogP contribution in [0.1, 0.15) is 18.4 Å². The zero-order valence-electron chi connectivity index (χ0n) is 13.6. The van der Waals surface area contributed by atoms with Crippen molar-refractivity contribution >= 4 is 46.4 Å². The van der Waals surface area contributed by atoms with Crippen molar-refractivity contribution in [1.29, 1.82) is 0 Å². The molecule has 1 aliphatic heterocycles. The summed E-state index contributed by atoms with van der Waals surface area (Å²) < 4.78 is 0. The average molecular weight is 398 g/mol. The highest BCUT2D eigenvalue weighted by Crippen LogP contribution is 2.27. The van der Waals surface area contributed by atoms with E-state index in [1.54, 1.807) is 18.2 Å². The van der Waals surface area contributed by atoms with Gasteiger partial charge in [-0.3, -0.25) is 9.69 Å². The zero-order chi connectivity index (χ0) is 17.8. The van der Waals surface area contributed by atoms with Crippen molar-refractivity contribution in [2.24, 2.45) is 5.92 Å². The lowest BCUT2D eigenvalue weighted by Gasteiger charge is -2.31. The van der Waals surface area contributed by atoms with E-state index in [4.69, 9.17) is 34.8 Å². The van der Waals surface area contributed by atoms with Gasteiger partial charge in [0.15, 0.2) is 0 Å². The Hall–Kier alpha value is -1.26. The van der Waals surface area contributed by atoms with E-state index in [0.717, 1.165) is 43.1 Å². The maximum atomic E-state index is 12.5. The van der Waals surface area contributed by atoms with Crippen LogP contribution < -0.4 is 5.32 Å². The molecule has 1 saturated heterocycles. The largest absolute Gasteiger partial charge is 0.325 e. The van der Waals surface area contributed by atoms with Crippen LogP contribution in [0, 0.1) is 5.92 Å².